The molecule has 0 aliphatic carbocycles. The number of benzene rings is 1. The fourth-order valence-electron chi connectivity index (χ4n) is 2.96. The summed E-state index contributed by atoms with van der Waals surface area (Å²) in [4.78, 5) is 23.7. The van der Waals surface area contributed by atoms with E-state index in [1.165, 1.54) is 23.0 Å². The molecular formula is C28H40O4. The molecule has 0 aliphatic rings. The maximum atomic E-state index is 11.9. The van der Waals surface area contributed by atoms with Gasteiger partial charge in [0, 0.05) is 0 Å². The molecule has 0 bridgehead atoms. The summed E-state index contributed by atoms with van der Waals surface area (Å²) in [5.41, 5.74) is 6.00. The van der Waals surface area contributed by atoms with E-state index >= 15 is 0 Å². The van der Waals surface area contributed by atoms with Crippen molar-refractivity contribution in [2.24, 2.45) is 0 Å². The Labute approximate surface area is 194 Å². The van der Waals surface area contributed by atoms with Crippen LogP contribution in [0.15, 0.2) is 59.4 Å². The number of hydrogen-bond donors (Lipinski definition) is 0. The average molecular weight is 441 g/mol. The van der Waals surface area contributed by atoms with Crippen LogP contribution in [-0.4, -0.2) is 18.5 Å². The minimum absolute atomic E-state index is 0.00611. The van der Waals surface area contributed by atoms with Crippen molar-refractivity contribution in [3.05, 3.63) is 70.5 Å². The molecular weight excluding hydrogens is 400 g/mol. The van der Waals surface area contributed by atoms with Gasteiger partial charge in [0.05, 0.1) is 19.1 Å². The number of allylic oxidation sites excluding steroid dienone is 4. The lowest BCUT2D eigenvalue weighted by molar-refractivity contribution is -0.147. The summed E-state index contributed by atoms with van der Waals surface area (Å²) < 4.78 is 10.4. The molecule has 0 atom stereocenters. The fraction of sp³-hybridized carbons (Fsp3) is 0.500. The van der Waals surface area contributed by atoms with E-state index in [0.717, 1.165) is 24.0 Å². The fourth-order valence-corrected chi connectivity index (χ4v) is 2.96. The van der Waals surface area contributed by atoms with Crippen LogP contribution in [0.4, 0.5) is 0 Å². The van der Waals surface area contributed by atoms with Crippen LogP contribution in [0.5, 0.6) is 0 Å². The Balaban J connectivity index is 2.32. The number of rotatable bonds is 11. The number of ether oxygens (including phenoxy) is 2. The summed E-state index contributed by atoms with van der Waals surface area (Å²) in [5, 5.41) is 0. The Morgan fingerprint density at radius 3 is 2.06 bits per heavy atom. The van der Waals surface area contributed by atoms with Crippen LogP contribution in [0.25, 0.3) is 0 Å². The third-order valence-electron chi connectivity index (χ3n) is 5.00. The van der Waals surface area contributed by atoms with E-state index in [1.54, 1.807) is 0 Å². The molecule has 1 rings (SSSR count). The van der Waals surface area contributed by atoms with E-state index in [-0.39, 0.29) is 24.9 Å². The first-order valence-corrected chi connectivity index (χ1v) is 11.4. The van der Waals surface area contributed by atoms with E-state index in [1.807, 2.05) is 19.9 Å². The van der Waals surface area contributed by atoms with Crippen LogP contribution in [0.3, 0.4) is 0 Å². The monoisotopic (exact) mass is 440 g/mol. The largest absolute Gasteiger partial charge is 0.461 e. The van der Waals surface area contributed by atoms with E-state index in [2.05, 4.69) is 65.0 Å². The van der Waals surface area contributed by atoms with Crippen LogP contribution in [0, 0.1) is 0 Å². The van der Waals surface area contributed by atoms with Gasteiger partial charge in [-0.3, -0.25) is 9.59 Å². The molecule has 0 saturated carbocycles. The SMILES string of the molecule is CC(C)=CCCC(C)=CCOC(=O)CCC(=O)OC=C(C)Cc1ccc(C(C)(C)C)cc1. The first-order chi connectivity index (χ1) is 15.0. The molecule has 0 saturated heterocycles. The predicted octanol–water partition coefficient (Wildman–Crippen LogP) is 6.99. The maximum absolute atomic E-state index is 11.9. The normalized spacial score (nSPS) is 12.3. The Kier molecular flexibility index (Phi) is 11.8. The van der Waals surface area contributed by atoms with Gasteiger partial charge in [0.1, 0.15) is 6.61 Å². The van der Waals surface area contributed by atoms with Gasteiger partial charge in [-0.2, -0.15) is 0 Å². The zero-order valence-corrected chi connectivity index (χ0v) is 20.9. The highest BCUT2D eigenvalue weighted by atomic mass is 16.5. The molecule has 4 heteroatoms. The Hall–Kier alpha value is -2.62. The van der Waals surface area contributed by atoms with Crippen molar-refractivity contribution in [1.29, 1.82) is 0 Å². The Bertz CT molecular complexity index is 829. The number of carbonyl (C=O) groups is 2. The summed E-state index contributed by atoms with van der Waals surface area (Å²) in [5.74, 6) is -0.826. The highest BCUT2D eigenvalue weighted by Crippen LogP contribution is 2.22. The molecule has 0 spiro atoms. The molecule has 0 unspecified atom stereocenters. The summed E-state index contributed by atoms with van der Waals surface area (Å²) in [7, 11) is 0. The second-order valence-electron chi connectivity index (χ2n) is 9.63. The lowest BCUT2D eigenvalue weighted by atomic mass is 9.86. The topological polar surface area (TPSA) is 52.6 Å². The predicted molar refractivity (Wildman–Crippen MR) is 131 cm³/mol. The van der Waals surface area contributed by atoms with Crippen LogP contribution in [-0.2, 0) is 30.9 Å². The second-order valence-corrected chi connectivity index (χ2v) is 9.63. The molecule has 176 valence electrons. The number of carbonyl (C=O) groups excluding carboxylic acids is 2. The maximum Gasteiger partial charge on any atom is 0.311 e. The van der Waals surface area contributed by atoms with Gasteiger partial charge < -0.3 is 9.47 Å². The van der Waals surface area contributed by atoms with Crippen LogP contribution >= 0.6 is 0 Å². The van der Waals surface area contributed by atoms with Crippen molar-refractivity contribution in [3.8, 4) is 0 Å². The molecule has 0 N–H and O–H groups in total. The van der Waals surface area contributed by atoms with Gasteiger partial charge in [-0.1, -0.05) is 62.3 Å². The zero-order valence-electron chi connectivity index (χ0n) is 20.9. The minimum atomic E-state index is -0.433. The molecule has 1 aromatic carbocycles. The Morgan fingerprint density at radius 1 is 0.844 bits per heavy atom. The van der Waals surface area contributed by atoms with Gasteiger partial charge in [0.2, 0.25) is 0 Å². The summed E-state index contributed by atoms with van der Waals surface area (Å²) >= 11 is 0. The molecule has 32 heavy (non-hydrogen) atoms. The van der Waals surface area contributed by atoms with Crippen molar-refractivity contribution in [2.45, 2.75) is 86.0 Å². The molecule has 0 radical (unpaired) electrons. The second kappa shape index (κ2) is 13.7. The van der Waals surface area contributed by atoms with E-state index in [0.29, 0.717) is 6.42 Å². The summed E-state index contributed by atoms with van der Waals surface area (Å²) in [6, 6.07) is 8.49. The van der Waals surface area contributed by atoms with E-state index < -0.39 is 11.9 Å². The molecule has 0 heterocycles. The van der Waals surface area contributed by atoms with E-state index in [9.17, 15) is 9.59 Å². The summed E-state index contributed by atoms with van der Waals surface area (Å²) in [6.45, 7) is 14.9. The van der Waals surface area contributed by atoms with Crippen molar-refractivity contribution in [3.63, 3.8) is 0 Å². The van der Waals surface area contributed by atoms with Gasteiger partial charge in [-0.25, -0.2) is 0 Å². The highest BCUT2D eigenvalue weighted by molar-refractivity contribution is 5.78. The zero-order chi connectivity index (χ0) is 24.1. The van der Waals surface area contributed by atoms with Gasteiger partial charge >= 0.3 is 11.9 Å². The number of hydrogen-bond acceptors (Lipinski definition) is 4. The van der Waals surface area contributed by atoms with Gasteiger partial charge in [-0.15, -0.1) is 0 Å². The van der Waals surface area contributed by atoms with Crippen molar-refractivity contribution < 1.29 is 19.1 Å². The standard InChI is InChI=1S/C28H40O4/c1-21(2)9-8-10-22(3)17-18-31-26(29)15-16-27(30)32-20-23(4)19-24-11-13-25(14-12-24)28(5,6)7/h9,11-14,17,20H,8,10,15-16,18-19H2,1-7H3. The lowest BCUT2D eigenvalue weighted by Gasteiger charge is -2.19. The molecule has 0 fully saturated rings. The van der Waals surface area contributed by atoms with Gasteiger partial charge in [0.15, 0.2) is 0 Å². The van der Waals surface area contributed by atoms with Crippen LogP contribution in [0.2, 0.25) is 0 Å². The van der Waals surface area contributed by atoms with E-state index in [4.69, 9.17) is 9.47 Å². The third-order valence-corrected chi connectivity index (χ3v) is 5.00. The molecule has 0 aliphatic heterocycles. The molecule has 0 aromatic heterocycles. The van der Waals surface area contributed by atoms with Crippen molar-refractivity contribution >= 4 is 11.9 Å². The first-order valence-electron chi connectivity index (χ1n) is 11.4. The smallest absolute Gasteiger partial charge is 0.311 e. The number of esters is 2. The summed E-state index contributed by atoms with van der Waals surface area (Å²) in [6.07, 6.45) is 8.24. The third kappa shape index (κ3) is 12.3. The molecule has 4 nitrogen and oxygen atoms in total. The molecule has 0 amide bonds. The van der Waals surface area contributed by atoms with Gasteiger partial charge in [-0.05, 0) is 75.1 Å². The molecule has 1 aromatic rings. The van der Waals surface area contributed by atoms with Crippen molar-refractivity contribution in [1.82, 2.24) is 0 Å². The highest BCUT2D eigenvalue weighted by Gasteiger charge is 2.13. The first kappa shape index (κ1) is 27.4. The van der Waals surface area contributed by atoms with Crippen LogP contribution < -0.4 is 0 Å². The minimum Gasteiger partial charge on any atom is -0.461 e. The lowest BCUT2D eigenvalue weighted by Crippen LogP contribution is -2.10. The quantitative estimate of drug-likeness (QED) is 0.211. The van der Waals surface area contributed by atoms with Gasteiger partial charge in [0.25, 0.3) is 0 Å². The Morgan fingerprint density at radius 2 is 1.47 bits per heavy atom. The average Bonchev–Trinajstić information content (AvgIpc) is 2.70. The van der Waals surface area contributed by atoms with Crippen LogP contribution in [0.1, 0.15) is 85.3 Å². The van der Waals surface area contributed by atoms with Crippen molar-refractivity contribution in [2.75, 3.05) is 6.61 Å².